The zero-order chi connectivity index (χ0) is 30.4. The zero-order valence-corrected chi connectivity index (χ0v) is 25.7. The minimum absolute atomic E-state index is 0.0958. The van der Waals surface area contributed by atoms with Crippen molar-refractivity contribution in [2.24, 2.45) is 5.92 Å². The Labute approximate surface area is 239 Å². The average Bonchev–Trinajstić information content (AvgIpc) is 2.86. The third-order valence-corrected chi connectivity index (χ3v) is 7.35. The van der Waals surface area contributed by atoms with Crippen molar-refractivity contribution in [1.29, 1.82) is 0 Å². The van der Waals surface area contributed by atoms with Gasteiger partial charge in [-0.15, -0.1) is 0 Å². The van der Waals surface area contributed by atoms with E-state index in [2.05, 4.69) is 10.6 Å². The maximum atomic E-state index is 14.6. The molecule has 0 saturated heterocycles. The normalized spacial score (nSPS) is 14.1. The van der Waals surface area contributed by atoms with Crippen molar-refractivity contribution in [3.05, 3.63) is 59.2 Å². The molecule has 0 aliphatic carbocycles. The highest BCUT2D eigenvalue weighted by Crippen LogP contribution is 2.35. The molecule has 0 saturated carbocycles. The molecule has 3 unspecified atom stereocenters. The quantitative estimate of drug-likeness (QED) is 0.305. The van der Waals surface area contributed by atoms with Crippen LogP contribution < -0.4 is 10.6 Å². The summed E-state index contributed by atoms with van der Waals surface area (Å²) in [6.45, 7) is 18.6. The first-order chi connectivity index (χ1) is 18.5. The number of aryl methyl sites for hydroxylation is 2. The van der Waals surface area contributed by atoms with Crippen molar-refractivity contribution in [2.45, 2.75) is 105 Å². The van der Waals surface area contributed by atoms with Gasteiger partial charge in [0.1, 0.15) is 23.4 Å². The number of phenols is 1. The Kier molecular flexibility index (Phi) is 10.8. The highest BCUT2D eigenvalue weighted by molar-refractivity contribution is 5.99. The van der Waals surface area contributed by atoms with E-state index in [0.29, 0.717) is 29.7 Å². The van der Waals surface area contributed by atoms with Gasteiger partial charge < -0.3 is 25.4 Å². The van der Waals surface area contributed by atoms with Gasteiger partial charge in [0, 0.05) is 11.2 Å². The number of ether oxygens (including phenoxy) is 1. The third-order valence-electron chi connectivity index (χ3n) is 7.35. The van der Waals surface area contributed by atoms with Crippen molar-refractivity contribution in [3.8, 4) is 5.75 Å². The van der Waals surface area contributed by atoms with Crippen molar-refractivity contribution in [1.82, 2.24) is 10.2 Å². The summed E-state index contributed by atoms with van der Waals surface area (Å²) in [5.74, 6) is -0.924. The number of hydrogen-bond donors (Lipinski definition) is 3. The highest BCUT2D eigenvalue weighted by atomic mass is 16.6. The summed E-state index contributed by atoms with van der Waals surface area (Å²) < 4.78 is 5.49. The van der Waals surface area contributed by atoms with Crippen LogP contribution in [0.15, 0.2) is 42.5 Å². The van der Waals surface area contributed by atoms with E-state index >= 15 is 0 Å². The first-order valence-electron chi connectivity index (χ1n) is 14.0. The van der Waals surface area contributed by atoms with Gasteiger partial charge in [-0.25, -0.2) is 4.79 Å². The van der Waals surface area contributed by atoms with Crippen LogP contribution in [0.3, 0.4) is 0 Å². The number of benzene rings is 2. The SMILES string of the molecule is CCC(C)C(NC(=O)OC(C)(C)C)C(=O)N(C(C(=O)Nc1ccccc1C)c1ccc(O)c(C)c1)C(C)(C)CC. The summed E-state index contributed by atoms with van der Waals surface area (Å²) in [5, 5.41) is 16.1. The van der Waals surface area contributed by atoms with Crippen LogP contribution in [0.5, 0.6) is 5.75 Å². The topological polar surface area (TPSA) is 108 Å². The predicted molar refractivity (Wildman–Crippen MR) is 159 cm³/mol. The number of alkyl carbamates (subject to hydrolysis) is 1. The molecule has 0 heterocycles. The Hall–Kier alpha value is -3.55. The zero-order valence-electron chi connectivity index (χ0n) is 25.7. The number of anilines is 1. The maximum absolute atomic E-state index is 14.6. The van der Waals surface area contributed by atoms with E-state index in [-0.39, 0.29) is 17.6 Å². The molecule has 2 aromatic rings. The molecule has 2 aromatic carbocycles. The first kappa shape index (κ1) is 32.7. The Balaban J connectivity index is 2.71. The van der Waals surface area contributed by atoms with Crippen LogP contribution in [-0.4, -0.2) is 45.1 Å². The van der Waals surface area contributed by atoms with E-state index in [1.165, 1.54) is 6.07 Å². The van der Waals surface area contributed by atoms with Gasteiger partial charge in [0.05, 0.1) is 0 Å². The van der Waals surface area contributed by atoms with Crippen molar-refractivity contribution >= 4 is 23.6 Å². The summed E-state index contributed by atoms with van der Waals surface area (Å²) in [4.78, 5) is 43.2. The maximum Gasteiger partial charge on any atom is 0.408 e. The van der Waals surface area contributed by atoms with Gasteiger partial charge in [0.25, 0.3) is 5.91 Å². The lowest BCUT2D eigenvalue weighted by Crippen LogP contribution is -2.60. The number of nitrogens with zero attached hydrogens (tertiary/aromatic N) is 1. The molecule has 0 bridgehead atoms. The summed E-state index contributed by atoms with van der Waals surface area (Å²) in [7, 11) is 0. The summed E-state index contributed by atoms with van der Waals surface area (Å²) in [6.07, 6.45) is 0.469. The highest BCUT2D eigenvalue weighted by Gasteiger charge is 2.44. The molecule has 40 heavy (non-hydrogen) atoms. The molecule has 3 amide bonds. The molecule has 3 N–H and O–H groups in total. The number of phenolic OH excluding ortho intramolecular Hbond substituents is 1. The average molecular weight is 554 g/mol. The van der Waals surface area contributed by atoms with Crippen LogP contribution >= 0.6 is 0 Å². The minimum atomic E-state index is -1.05. The third kappa shape index (κ3) is 8.23. The number of aromatic hydroxyl groups is 1. The molecule has 0 radical (unpaired) electrons. The van der Waals surface area contributed by atoms with Gasteiger partial charge in [-0.3, -0.25) is 9.59 Å². The molecule has 2 rings (SSSR count). The Morgan fingerprint density at radius 2 is 1.60 bits per heavy atom. The van der Waals surface area contributed by atoms with Crippen LogP contribution in [0, 0.1) is 19.8 Å². The van der Waals surface area contributed by atoms with Crippen LogP contribution in [0.1, 0.15) is 91.0 Å². The second kappa shape index (κ2) is 13.2. The molecule has 8 nitrogen and oxygen atoms in total. The van der Waals surface area contributed by atoms with E-state index in [1.54, 1.807) is 44.7 Å². The van der Waals surface area contributed by atoms with Crippen molar-refractivity contribution < 1.29 is 24.2 Å². The fraction of sp³-hybridized carbons (Fsp3) is 0.531. The molecule has 0 aromatic heterocycles. The molecule has 3 atom stereocenters. The number of carbonyl (C=O) groups is 3. The van der Waals surface area contributed by atoms with E-state index in [1.807, 2.05) is 65.8 Å². The second-order valence-electron chi connectivity index (χ2n) is 12.1. The smallest absolute Gasteiger partial charge is 0.408 e. The van der Waals surface area contributed by atoms with Crippen LogP contribution in [0.4, 0.5) is 10.5 Å². The van der Waals surface area contributed by atoms with Gasteiger partial charge in [-0.2, -0.15) is 0 Å². The number of carbonyl (C=O) groups excluding carboxylic acids is 3. The number of rotatable bonds is 10. The molecule has 0 spiro atoms. The van der Waals surface area contributed by atoms with Crippen LogP contribution in [0.25, 0.3) is 0 Å². The summed E-state index contributed by atoms with van der Waals surface area (Å²) in [6, 6.07) is 10.4. The molecule has 220 valence electrons. The second-order valence-corrected chi connectivity index (χ2v) is 12.1. The lowest BCUT2D eigenvalue weighted by molar-refractivity contribution is -0.148. The fourth-order valence-electron chi connectivity index (χ4n) is 4.39. The largest absolute Gasteiger partial charge is 0.508 e. The molecular formula is C32H47N3O5. The van der Waals surface area contributed by atoms with Gasteiger partial charge in [0.15, 0.2) is 0 Å². The monoisotopic (exact) mass is 553 g/mol. The predicted octanol–water partition coefficient (Wildman–Crippen LogP) is 6.65. The summed E-state index contributed by atoms with van der Waals surface area (Å²) in [5.41, 5.74) is 1.13. The lowest BCUT2D eigenvalue weighted by atomic mass is 9.89. The van der Waals surface area contributed by atoms with Crippen molar-refractivity contribution in [3.63, 3.8) is 0 Å². The van der Waals surface area contributed by atoms with Gasteiger partial charge in [-0.05, 0) is 95.7 Å². The Morgan fingerprint density at radius 1 is 0.975 bits per heavy atom. The fourth-order valence-corrected chi connectivity index (χ4v) is 4.39. The number of amides is 3. The molecule has 0 fully saturated rings. The first-order valence-corrected chi connectivity index (χ1v) is 14.0. The standard InChI is InChI=1S/C32H47N3O5/c1-11-20(3)26(34-30(39)40-31(6,7)8)29(38)35(32(9,10)12-2)27(23-17-18-25(36)22(5)19-23)28(37)33-24-16-14-13-15-21(24)4/h13-20,26-27,36H,11-12H2,1-10H3,(H,33,37)(H,34,39). The van der Waals surface area contributed by atoms with E-state index in [4.69, 9.17) is 4.74 Å². The molecular weight excluding hydrogens is 506 g/mol. The van der Waals surface area contributed by atoms with E-state index in [0.717, 1.165) is 5.56 Å². The summed E-state index contributed by atoms with van der Waals surface area (Å²) >= 11 is 0. The van der Waals surface area contributed by atoms with Gasteiger partial charge >= 0.3 is 6.09 Å². The van der Waals surface area contributed by atoms with E-state index < -0.39 is 35.2 Å². The van der Waals surface area contributed by atoms with Crippen molar-refractivity contribution in [2.75, 3.05) is 5.32 Å². The molecule has 0 aliphatic heterocycles. The number of nitrogens with one attached hydrogen (secondary N) is 2. The molecule has 0 aliphatic rings. The van der Waals surface area contributed by atoms with Crippen LogP contribution in [0.2, 0.25) is 0 Å². The number of para-hydroxylation sites is 1. The van der Waals surface area contributed by atoms with Gasteiger partial charge in [0.2, 0.25) is 5.91 Å². The van der Waals surface area contributed by atoms with Gasteiger partial charge in [-0.1, -0.05) is 51.5 Å². The Morgan fingerprint density at radius 3 is 2.12 bits per heavy atom. The Bertz CT molecular complexity index is 1200. The molecule has 8 heteroatoms. The lowest BCUT2D eigenvalue weighted by Gasteiger charge is -2.45. The van der Waals surface area contributed by atoms with E-state index in [9.17, 15) is 19.5 Å². The number of hydrogen-bond acceptors (Lipinski definition) is 5. The van der Waals surface area contributed by atoms with Crippen LogP contribution in [-0.2, 0) is 14.3 Å². The minimum Gasteiger partial charge on any atom is -0.508 e.